The number of rotatable bonds is 8. The average Bonchev–Trinajstić information content (AvgIpc) is 2.69. The smallest absolute Gasteiger partial charge is 0.257 e. The van der Waals surface area contributed by atoms with Crippen LogP contribution in [-0.2, 0) is 4.74 Å². The molecule has 150 valence electrons. The first-order valence-corrected chi connectivity index (χ1v) is 9.55. The summed E-state index contributed by atoms with van der Waals surface area (Å²) in [6, 6.07) is 13.4. The molecule has 28 heavy (non-hydrogen) atoms. The van der Waals surface area contributed by atoms with E-state index in [4.69, 9.17) is 14.2 Å². The first kappa shape index (κ1) is 20.0. The molecule has 6 heteroatoms. The van der Waals surface area contributed by atoms with Gasteiger partial charge in [-0.3, -0.25) is 4.79 Å². The largest absolute Gasteiger partial charge is 0.493 e. The molecule has 6 nitrogen and oxygen atoms in total. The maximum atomic E-state index is 13.2. The lowest BCUT2D eigenvalue weighted by Crippen LogP contribution is -2.43. The van der Waals surface area contributed by atoms with E-state index in [1.807, 2.05) is 61.2 Å². The maximum absolute atomic E-state index is 13.2. The van der Waals surface area contributed by atoms with Crippen molar-refractivity contribution < 1.29 is 19.0 Å². The Kier molecular flexibility index (Phi) is 6.41. The van der Waals surface area contributed by atoms with Gasteiger partial charge in [-0.2, -0.15) is 0 Å². The molecular formula is C22H28N2O4. The van der Waals surface area contributed by atoms with Gasteiger partial charge in [0.2, 0.25) is 0 Å². The number of hydrogen-bond donors (Lipinski definition) is 1. The predicted molar refractivity (Wildman–Crippen MR) is 109 cm³/mol. The van der Waals surface area contributed by atoms with Crippen molar-refractivity contribution in [2.24, 2.45) is 0 Å². The Morgan fingerprint density at radius 3 is 2.61 bits per heavy atom. The molecule has 2 aromatic carbocycles. The van der Waals surface area contributed by atoms with Gasteiger partial charge in [0, 0.05) is 25.9 Å². The number of methoxy groups -OCH3 is 2. The highest BCUT2D eigenvalue weighted by Crippen LogP contribution is 2.37. The minimum atomic E-state index is -0.291. The van der Waals surface area contributed by atoms with E-state index in [1.54, 1.807) is 14.2 Å². The van der Waals surface area contributed by atoms with E-state index >= 15 is 0 Å². The molecule has 1 heterocycles. The molecule has 2 aromatic rings. The summed E-state index contributed by atoms with van der Waals surface area (Å²) in [4.78, 5) is 15.0. The molecule has 0 radical (unpaired) electrons. The van der Waals surface area contributed by atoms with Crippen molar-refractivity contribution in [1.82, 2.24) is 4.90 Å². The molecule has 0 bridgehead atoms. The van der Waals surface area contributed by atoms with E-state index in [0.29, 0.717) is 30.2 Å². The van der Waals surface area contributed by atoms with Crippen LogP contribution in [0.4, 0.5) is 5.69 Å². The predicted octanol–water partition coefficient (Wildman–Crippen LogP) is 4.09. The van der Waals surface area contributed by atoms with Gasteiger partial charge in [-0.1, -0.05) is 18.2 Å². The number of para-hydroxylation sites is 1. The van der Waals surface area contributed by atoms with Crippen molar-refractivity contribution in [2.45, 2.75) is 32.5 Å². The molecule has 3 rings (SSSR count). The number of fused-ring (bicyclic) bond motifs is 1. The molecule has 1 unspecified atom stereocenters. The number of ether oxygens (including phenoxy) is 3. The number of amides is 1. The summed E-state index contributed by atoms with van der Waals surface area (Å²) in [5.41, 5.74) is 2.46. The van der Waals surface area contributed by atoms with Crippen molar-refractivity contribution in [1.29, 1.82) is 0 Å². The second-order valence-corrected chi connectivity index (χ2v) is 7.01. The fourth-order valence-electron chi connectivity index (χ4n) is 3.37. The Labute approximate surface area is 166 Å². The highest BCUT2D eigenvalue weighted by atomic mass is 16.5. The summed E-state index contributed by atoms with van der Waals surface area (Å²) in [7, 11) is 3.29. The van der Waals surface area contributed by atoms with Crippen LogP contribution in [0.5, 0.6) is 11.5 Å². The Bertz CT molecular complexity index is 822. The summed E-state index contributed by atoms with van der Waals surface area (Å²) in [6.07, 6.45) is 0.515. The van der Waals surface area contributed by atoms with Crippen LogP contribution in [-0.4, -0.2) is 44.3 Å². The summed E-state index contributed by atoms with van der Waals surface area (Å²) in [5, 5.41) is 3.50. The Balaban J connectivity index is 1.96. The van der Waals surface area contributed by atoms with Gasteiger partial charge in [-0.05, 0) is 50.1 Å². The zero-order chi connectivity index (χ0) is 20.1. The molecule has 1 aliphatic heterocycles. The van der Waals surface area contributed by atoms with Gasteiger partial charge in [-0.25, -0.2) is 0 Å². The topological polar surface area (TPSA) is 60.0 Å². The van der Waals surface area contributed by atoms with Crippen LogP contribution in [0.15, 0.2) is 42.5 Å². The van der Waals surface area contributed by atoms with E-state index in [-0.39, 0.29) is 18.2 Å². The lowest BCUT2D eigenvalue weighted by molar-refractivity contribution is 0.0660. The first-order valence-electron chi connectivity index (χ1n) is 9.55. The summed E-state index contributed by atoms with van der Waals surface area (Å²) in [6.45, 7) is 5.14. The maximum Gasteiger partial charge on any atom is 0.257 e. The monoisotopic (exact) mass is 384 g/mol. The minimum Gasteiger partial charge on any atom is -0.493 e. The molecule has 1 atom stereocenters. The van der Waals surface area contributed by atoms with E-state index < -0.39 is 0 Å². The zero-order valence-corrected chi connectivity index (χ0v) is 16.9. The fraction of sp³-hybridized carbons (Fsp3) is 0.409. The summed E-state index contributed by atoms with van der Waals surface area (Å²) < 4.78 is 16.5. The molecular weight excluding hydrogens is 356 g/mol. The molecule has 0 aromatic heterocycles. The molecule has 0 saturated heterocycles. The second kappa shape index (κ2) is 8.97. The lowest BCUT2D eigenvalue weighted by Gasteiger charge is -2.38. The Morgan fingerprint density at radius 1 is 1.11 bits per heavy atom. The second-order valence-electron chi connectivity index (χ2n) is 7.01. The highest BCUT2D eigenvalue weighted by Gasteiger charge is 2.32. The Morgan fingerprint density at radius 2 is 1.89 bits per heavy atom. The number of hydrogen-bond acceptors (Lipinski definition) is 5. The van der Waals surface area contributed by atoms with Crippen molar-refractivity contribution in [3.05, 3.63) is 53.6 Å². The molecule has 0 saturated carbocycles. The number of carbonyl (C=O) groups excluding carboxylic acids is 1. The number of benzene rings is 2. The SMILES string of the molecule is COCCCN1C(=O)c2ccccc2NC1c1ccc(OC(C)C)c(OC)c1. The number of anilines is 1. The van der Waals surface area contributed by atoms with Crippen LogP contribution >= 0.6 is 0 Å². The minimum absolute atomic E-state index is 0.0110. The van der Waals surface area contributed by atoms with Gasteiger partial charge in [-0.15, -0.1) is 0 Å². The van der Waals surface area contributed by atoms with Gasteiger partial charge in [0.1, 0.15) is 6.17 Å². The third kappa shape index (κ3) is 4.22. The van der Waals surface area contributed by atoms with Gasteiger partial charge >= 0.3 is 0 Å². The summed E-state index contributed by atoms with van der Waals surface area (Å²) in [5.74, 6) is 1.35. The van der Waals surface area contributed by atoms with Crippen molar-refractivity contribution in [2.75, 3.05) is 32.7 Å². The van der Waals surface area contributed by atoms with E-state index in [2.05, 4.69) is 5.32 Å². The van der Waals surface area contributed by atoms with Crippen LogP contribution in [0.2, 0.25) is 0 Å². The average molecular weight is 384 g/mol. The van der Waals surface area contributed by atoms with E-state index in [1.165, 1.54) is 0 Å². The van der Waals surface area contributed by atoms with Crippen LogP contribution in [0.1, 0.15) is 42.4 Å². The molecule has 1 aliphatic rings. The zero-order valence-electron chi connectivity index (χ0n) is 16.9. The van der Waals surface area contributed by atoms with E-state index in [0.717, 1.165) is 17.7 Å². The van der Waals surface area contributed by atoms with Gasteiger partial charge in [0.05, 0.1) is 18.8 Å². The van der Waals surface area contributed by atoms with Crippen LogP contribution in [0, 0.1) is 0 Å². The van der Waals surface area contributed by atoms with Crippen LogP contribution < -0.4 is 14.8 Å². The summed E-state index contributed by atoms with van der Waals surface area (Å²) >= 11 is 0. The van der Waals surface area contributed by atoms with E-state index in [9.17, 15) is 4.79 Å². The van der Waals surface area contributed by atoms with Crippen molar-refractivity contribution in [3.63, 3.8) is 0 Å². The standard InChI is InChI=1S/C22H28N2O4/c1-15(2)28-19-11-10-16(14-20(19)27-4)21-23-18-9-6-5-8-17(18)22(25)24(21)12-7-13-26-3/h5-6,8-11,14-15,21,23H,7,12-13H2,1-4H3. The van der Waals surface area contributed by atoms with Gasteiger partial charge in [0.15, 0.2) is 11.5 Å². The molecule has 1 amide bonds. The lowest BCUT2D eigenvalue weighted by atomic mass is 10.0. The van der Waals surface area contributed by atoms with Crippen LogP contribution in [0.25, 0.3) is 0 Å². The van der Waals surface area contributed by atoms with Crippen molar-refractivity contribution in [3.8, 4) is 11.5 Å². The number of nitrogens with zero attached hydrogens (tertiary/aromatic N) is 1. The van der Waals surface area contributed by atoms with Gasteiger partial charge < -0.3 is 24.4 Å². The third-order valence-corrected chi connectivity index (χ3v) is 4.64. The van der Waals surface area contributed by atoms with Crippen LogP contribution in [0.3, 0.4) is 0 Å². The van der Waals surface area contributed by atoms with Gasteiger partial charge in [0.25, 0.3) is 5.91 Å². The van der Waals surface area contributed by atoms with Crippen molar-refractivity contribution >= 4 is 11.6 Å². The molecule has 1 N–H and O–H groups in total. The molecule has 0 fully saturated rings. The highest BCUT2D eigenvalue weighted by molar-refractivity contribution is 6.01. The first-order chi connectivity index (χ1) is 13.5. The molecule has 0 spiro atoms. The third-order valence-electron chi connectivity index (χ3n) is 4.64. The number of nitrogens with one attached hydrogen (secondary N) is 1. The fourth-order valence-corrected chi connectivity index (χ4v) is 3.37. The normalized spacial score (nSPS) is 16.0. The Hall–Kier alpha value is -2.73. The number of carbonyl (C=O) groups is 1. The molecule has 0 aliphatic carbocycles. The quantitative estimate of drug-likeness (QED) is 0.695.